The standard InChI is InChI=1S/C18H18N2O2S/c1-2-22-14-9-7-13(8-10-14)19-17(21)11-12-18-20-15-5-3-4-6-16(15)23-18/h3-10H,2,11-12H2,1H3,(H,19,21). The molecular weight excluding hydrogens is 308 g/mol. The van der Waals surface area contributed by atoms with Gasteiger partial charge in [-0.15, -0.1) is 11.3 Å². The van der Waals surface area contributed by atoms with Crippen molar-refractivity contribution in [1.82, 2.24) is 4.98 Å². The molecule has 1 amide bonds. The van der Waals surface area contributed by atoms with E-state index in [4.69, 9.17) is 4.74 Å². The number of benzene rings is 2. The van der Waals surface area contributed by atoms with Gasteiger partial charge < -0.3 is 10.1 Å². The van der Waals surface area contributed by atoms with Crippen molar-refractivity contribution >= 4 is 33.1 Å². The highest BCUT2D eigenvalue weighted by Gasteiger charge is 2.07. The van der Waals surface area contributed by atoms with Crippen LogP contribution in [0.15, 0.2) is 48.5 Å². The lowest BCUT2D eigenvalue weighted by molar-refractivity contribution is -0.116. The van der Waals surface area contributed by atoms with E-state index >= 15 is 0 Å². The number of carbonyl (C=O) groups is 1. The maximum atomic E-state index is 12.0. The highest BCUT2D eigenvalue weighted by atomic mass is 32.1. The summed E-state index contributed by atoms with van der Waals surface area (Å²) in [5.74, 6) is 0.799. The second-order valence-electron chi connectivity index (χ2n) is 5.08. The minimum atomic E-state index is -0.00610. The summed E-state index contributed by atoms with van der Waals surface area (Å²) in [6, 6.07) is 15.4. The second-order valence-corrected chi connectivity index (χ2v) is 6.20. The number of para-hydroxylation sites is 1. The van der Waals surface area contributed by atoms with E-state index in [0.29, 0.717) is 19.4 Å². The number of rotatable bonds is 6. The van der Waals surface area contributed by atoms with Crippen LogP contribution in [0.3, 0.4) is 0 Å². The quantitative estimate of drug-likeness (QED) is 0.736. The van der Waals surface area contributed by atoms with Crippen molar-refractivity contribution < 1.29 is 9.53 Å². The fourth-order valence-corrected chi connectivity index (χ4v) is 3.24. The van der Waals surface area contributed by atoms with Crippen LogP contribution in [0.5, 0.6) is 5.75 Å². The molecule has 0 aliphatic carbocycles. The van der Waals surface area contributed by atoms with Crippen LogP contribution in [0.2, 0.25) is 0 Å². The number of ether oxygens (including phenoxy) is 1. The zero-order valence-corrected chi connectivity index (χ0v) is 13.7. The van der Waals surface area contributed by atoms with Crippen molar-refractivity contribution in [2.24, 2.45) is 0 Å². The predicted molar refractivity (Wildman–Crippen MR) is 94.2 cm³/mol. The van der Waals surface area contributed by atoms with Crippen molar-refractivity contribution in [1.29, 1.82) is 0 Å². The van der Waals surface area contributed by atoms with Gasteiger partial charge in [0.05, 0.1) is 21.8 Å². The second kappa shape index (κ2) is 7.24. The van der Waals surface area contributed by atoms with Gasteiger partial charge in [-0.3, -0.25) is 4.79 Å². The van der Waals surface area contributed by atoms with E-state index in [1.807, 2.05) is 49.4 Å². The summed E-state index contributed by atoms with van der Waals surface area (Å²) in [5.41, 5.74) is 1.78. The van der Waals surface area contributed by atoms with E-state index in [0.717, 1.165) is 26.7 Å². The third-order valence-corrected chi connectivity index (χ3v) is 4.45. The molecule has 2 aromatic carbocycles. The maximum absolute atomic E-state index is 12.0. The molecule has 0 fully saturated rings. The first kappa shape index (κ1) is 15.5. The summed E-state index contributed by atoms with van der Waals surface area (Å²) < 4.78 is 6.54. The van der Waals surface area contributed by atoms with Crippen molar-refractivity contribution in [3.63, 3.8) is 0 Å². The number of hydrogen-bond acceptors (Lipinski definition) is 4. The minimum Gasteiger partial charge on any atom is -0.494 e. The van der Waals surface area contributed by atoms with E-state index in [2.05, 4.69) is 16.4 Å². The third-order valence-electron chi connectivity index (χ3n) is 3.35. The zero-order valence-electron chi connectivity index (χ0n) is 12.9. The van der Waals surface area contributed by atoms with Gasteiger partial charge in [0.25, 0.3) is 0 Å². The van der Waals surface area contributed by atoms with Crippen molar-refractivity contribution in [3.8, 4) is 5.75 Å². The Balaban J connectivity index is 1.54. The van der Waals surface area contributed by atoms with E-state index in [9.17, 15) is 4.79 Å². The van der Waals surface area contributed by atoms with Gasteiger partial charge in [-0.1, -0.05) is 12.1 Å². The average Bonchev–Trinajstić information content (AvgIpc) is 2.98. The predicted octanol–water partition coefficient (Wildman–Crippen LogP) is 4.27. The molecule has 3 rings (SSSR count). The lowest BCUT2D eigenvalue weighted by Gasteiger charge is -2.06. The molecule has 4 nitrogen and oxygen atoms in total. The monoisotopic (exact) mass is 326 g/mol. The molecule has 0 atom stereocenters. The number of carbonyl (C=O) groups excluding carboxylic acids is 1. The maximum Gasteiger partial charge on any atom is 0.224 e. The van der Waals surface area contributed by atoms with Crippen molar-refractivity contribution in [3.05, 3.63) is 53.5 Å². The van der Waals surface area contributed by atoms with Gasteiger partial charge >= 0.3 is 0 Å². The van der Waals surface area contributed by atoms with Crippen LogP contribution < -0.4 is 10.1 Å². The SMILES string of the molecule is CCOc1ccc(NC(=O)CCc2nc3ccccc3s2)cc1. The van der Waals surface area contributed by atoms with Gasteiger partial charge in [-0.2, -0.15) is 0 Å². The zero-order chi connectivity index (χ0) is 16.1. The Labute approximate surface area is 139 Å². The first-order chi connectivity index (χ1) is 11.2. The molecule has 0 aliphatic heterocycles. The number of aromatic nitrogens is 1. The number of hydrogen-bond donors (Lipinski definition) is 1. The van der Waals surface area contributed by atoms with Crippen molar-refractivity contribution in [2.45, 2.75) is 19.8 Å². The van der Waals surface area contributed by atoms with Crippen LogP contribution in [-0.4, -0.2) is 17.5 Å². The Morgan fingerprint density at radius 2 is 1.96 bits per heavy atom. The normalized spacial score (nSPS) is 10.7. The third kappa shape index (κ3) is 4.07. The summed E-state index contributed by atoms with van der Waals surface area (Å²) in [6.07, 6.45) is 1.08. The van der Waals surface area contributed by atoms with E-state index in [1.165, 1.54) is 0 Å². The van der Waals surface area contributed by atoms with Gasteiger partial charge in [-0.05, 0) is 43.3 Å². The molecule has 1 N–H and O–H groups in total. The van der Waals surface area contributed by atoms with Gasteiger partial charge in [0.2, 0.25) is 5.91 Å². The smallest absolute Gasteiger partial charge is 0.224 e. The average molecular weight is 326 g/mol. The molecule has 3 aromatic rings. The van der Waals surface area contributed by atoms with Crippen LogP contribution in [0.25, 0.3) is 10.2 Å². The molecule has 0 saturated heterocycles. The molecular formula is C18H18N2O2S. The molecule has 0 unspecified atom stereocenters. The highest BCUT2D eigenvalue weighted by Crippen LogP contribution is 2.22. The number of anilines is 1. The number of nitrogens with zero attached hydrogens (tertiary/aromatic N) is 1. The van der Waals surface area contributed by atoms with E-state index in [1.54, 1.807) is 11.3 Å². The van der Waals surface area contributed by atoms with Gasteiger partial charge in [-0.25, -0.2) is 4.98 Å². The first-order valence-corrected chi connectivity index (χ1v) is 8.43. The number of fused-ring (bicyclic) bond motifs is 1. The molecule has 23 heavy (non-hydrogen) atoms. The number of thiazole rings is 1. The molecule has 0 spiro atoms. The van der Waals surface area contributed by atoms with Crippen LogP contribution in [0.1, 0.15) is 18.4 Å². The topological polar surface area (TPSA) is 51.2 Å². The molecule has 1 aromatic heterocycles. The molecule has 0 radical (unpaired) electrons. The summed E-state index contributed by atoms with van der Waals surface area (Å²) in [4.78, 5) is 16.6. The Bertz CT molecular complexity index is 763. The molecule has 0 aliphatic rings. The molecule has 118 valence electrons. The Morgan fingerprint density at radius 3 is 2.70 bits per heavy atom. The van der Waals surface area contributed by atoms with Crippen LogP contribution in [0, 0.1) is 0 Å². The highest BCUT2D eigenvalue weighted by molar-refractivity contribution is 7.18. The van der Waals surface area contributed by atoms with Crippen LogP contribution in [-0.2, 0) is 11.2 Å². The number of amides is 1. The molecule has 0 bridgehead atoms. The minimum absolute atomic E-state index is 0.00610. The van der Waals surface area contributed by atoms with Gasteiger partial charge in [0.1, 0.15) is 5.75 Å². The molecule has 5 heteroatoms. The van der Waals surface area contributed by atoms with Crippen molar-refractivity contribution in [2.75, 3.05) is 11.9 Å². The molecule has 1 heterocycles. The van der Waals surface area contributed by atoms with Crippen LogP contribution in [0.4, 0.5) is 5.69 Å². The molecule has 0 saturated carbocycles. The summed E-state index contributed by atoms with van der Waals surface area (Å²) >= 11 is 1.65. The number of nitrogens with one attached hydrogen (secondary N) is 1. The lowest BCUT2D eigenvalue weighted by atomic mass is 10.2. The van der Waals surface area contributed by atoms with E-state index in [-0.39, 0.29) is 5.91 Å². The largest absolute Gasteiger partial charge is 0.494 e. The van der Waals surface area contributed by atoms with E-state index < -0.39 is 0 Å². The fourth-order valence-electron chi connectivity index (χ4n) is 2.27. The Hall–Kier alpha value is -2.40. The number of aryl methyl sites for hydroxylation is 1. The van der Waals surface area contributed by atoms with Crippen LogP contribution >= 0.6 is 11.3 Å². The summed E-state index contributed by atoms with van der Waals surface area (Å²) in [7, 11) is 0. The Morgan fingerprint density at radius 1 is 1.17 bits per heavy atom. The van der Waals surface area contributed by atoms with Gasteiger partial charge in [0, 0.05) is 18.5 Å². The summed E-state index contributed by atoms with van der Waals surface area (Å²) in [6.45, 7) is 2.58. The fraction of sp³-hybridized carbons (Fsp3) is 0.222. The summed E-state index contributed by atoms with van der Waals surface area (Å²) in [5, 5.41) is 3.89. The Kier molecular flexibility index (Phi) is 4.88. The van der Waals surface area contributed by atoms with Gasteiger partial charge in [0.15, 0.2) is 0 Å². The lowest BCUT2D eigenvalue weighted by Crippen LogP contribution is -2.12. The first-order valence-electron chi connectivity index (χ1n) is 7.62.